The van der Waals surface area contributed by atoms with Crippen molar-refractivity contribution in [1.29, 1.82) is 0 Å². The van der Waals surface area contributed by atoms with E-state index in [4.69, 9.17) is 10.5 Å². The van der Waals surface area contributed by atoms with Crippen LogP contribution in [0.15, 0.2) is 24.3 Å². The fourth-order valence-electron chi connectivity index (χ4n) is 2.62. The molecular weight excluding hydrogens is 252 g/mol. The number of likely N-dealkylation sites (N-methyl/N-ethyl adjacent to an activating group) is 1. The summed E-state index contributed by atoms with van der Waals surface area (Å²) < 4.78 is 5.87. The first-order chi connectivity index (χ1) is 9.62. The Morgan fingerprint density at radius 1 is 1.45 bits per heavy atom. The molecule has 1 aromatic carbocycles. The molecule has 1 amide bonds. The van der Waals surface area contributed by atoms with E-state index >= 15 is 0 Å². The molecule has 4 nitrogen and oxygen atoms in total. The molecule has 0 spiro atoms. The van der Waals surface area contributed by atoms with Crippen molar-refractivity contribution in [2.45, 2.75) is 38.6 Å². The molecule has 0 saturated heterocycles. The smallest absolute Gasteiger partial charge is 0.241 e. The first-order valence-electron chi connectivity index (χ1n) is 7.39. The number of hydrogen-bond donors (Lipinski definition) is 2. The van der Waals surface area contributed by atoms with Crippen LogP contribution in [0.3, 0.4) is 0 Å². The van der Waals surface area contributed by atoms with Crippen LogP contribution in [-0.2, 0) is 11.2 Å². The molecule has 2 rings (SSSR count). The Morgan fingerprint density at radius 3 is 2.75 bits per heavy atom. The Bertz CT molecular complexity index is 471. The number of benzene rings is 1. The van der Waals surface area contributed by atoms with Gasteiger partial charge in [0.05, 0.1) is 0 Å². The molecule has 4 heteroatoms. The van der Waals surface area contributed by atoms with Crippen LogP contribution in [0, 0.1) is 5.92 Å². The summed E-state index contributed by atoms with van der Waals surface area (Å²) in [6.45, 7) is 5.10. The van der Waals surface area contributed by atoms with Crippen molar-refractivity contribution in [3.63, 3.8) is 0 Å². The van der Waals surface area contributed by atoms with Gasteiger partial charge in [-0.15, -0.1) is 0 Å². The molecule has 1 aliphatic carbocycles. The Morgan fingerprint density at radius 2 is 2.20 bits per heavy atom. The van der Waals surface area contributed by atoms with Gasteiger partial charge < -0.3 is 15.8 Å². The van der Waals surface area contributed by atoms with Gasteiger partial charge in [0, 0.05) is 0 Å². The van der Waals surface area contributed by atoms with Crippen molar-refractivity contribution < 1.29 is 9.53 Å². The second-order valence-corrected chi connectivity index (χ2v) is 5.43. The molecule has 0 radical (unpaired) electrons. The van der Waals surface area contributed by atoms with Crippen LogP contribution in [0.25, 0.3) is 0 Å². The van der Waals surface area contributed by atoms with Crippen molar-refractivity contribution in [1.82, 2.24) is 5.32 Å². The van der Waals surface area contributed by atoms with Crippen LogP contribution < -0.4 is 15.8 Å². The Labute approximate surface area is 120 Å². The van der Waals surface area contributed by atoms with Gasteiger partial charge in [-0.3, -0.25) is 4.79 Å². The number of carbonyl (C=O) groups is 1. The number of amides is 1. The molecular formula is C16H24N2O2. The average Bonchev–Trinajstić information content (AvgIpc) is 3.28. The summed E-state index contributed by atoms with van der Waals surface area (Å²) in [5.41, 5.74) is 6.14. The van der Waals surface area contributed by atoms with Crippen LogP contribution in [0.4, 0.5) is 0 Å². The summed E-state index contributed by atoms with van der Waals surface area (Å²) >= 11 is 0. The van der Waals surface area contributed by atoms with Crippen molar-refractivity contribution in [3.8, 4) is 5.75 Å². The van der Waals surface area contributed by atoms with E-state index < -0.39 is 5.54 Å². The van der Waals surface area contributed by atoms with Gasteiger partial charge in [0.15, 0.2) is 0 Å². The molecule has 1 aliphatic rings. The standard InChI is InChI=1S/C16H24N2O2/c1-3-12-6-5-7-14(10-12)20-11-16(15(17)19,18-4-2)13-8-9-13/h5-7,10,13,18H,3-4,8-9,11H2,1-2H3,(H2,17,19). The molecule has 0 heterocycles. The summed E-state index contributed by atoms with van der Waals surface area (Å²) in [4.78, 5) is 11.9. The van der Waals surface area contributed by atoms with Gasteiger partial charge in [0.1, 0.15) is 17.9 Å². The van der Waals surface area contributed by atoms with Gasteiger partial charge in [0.2, 0.25) is 5.91 Å². The van der Waals surface area contributed by atoms with Gasteiger partial charge in [-0.25, -0.2) is 0 Å². The number of aryl methyl sites for hydroxylation is 1. The highest BCUT2D eigenvalue weighted by Gasteiger charge is 2.50. The minimum absolute atomic E-state index is 0.300. The highest BCUT2D eigenvalue weighted by Crippen LogP contribution is 2.40. The number of carbonyl (C=O) groups excluding carboxylic acids is 1. The maximum atomic E-state index is 11.9. The number of nitrogens with one attached hydrogen (secondary N) is 1. The number of hydrogen-bond acceptors (Lipinski definition) is 3. The largest absolute Gasteiger partial charge is 0.491 e. The van der Waals surface area contributed by atoms with Gasteiger partial charge in [-0.05, 0) is 49.4 Å². The molecule has 0 bridgehead atoms. The van der Waals surface area contributed by atoms with E-state index in [1.165, 1.54) is 5.56 Å². The second kappa shape index (κ2) is 6.27. The minimum atomic E-state index is -0.725. The molecule has 1 fully saturated rings. The molecule has 1 aromatic rings. The number of rotatable bonds is 8. The molecule has 20 heavy (non-hydrogen) atoms. The third kappa shape index (κ3) is 3.12. The first-order valence-corrected chi connectivity index (χ1v) is 7.39. The third-order valence-electron chi connectivity index (χ3n) is 3.98. The number of primary amides is 1. The van der Waals surface area contributed by atoms with E-state index in [9.17, 15) is 4.79 Å². The molecule has 3 N–H and O–H groups in total. The van der Waals surface area contributed by atoms with Crippen LogP contribution in [0.2, 0.25) is 0 Å². The van der Waals surface area contributed by atoms with Crippen LogP contribution >= 0.6 is 0 Å². The predicted octanol–water partition coefficient (Wildman–Crippen LogP) is 1.87. The molecule has 1 saturated carbocycles. The zero-order chi connectivity index (χ0) is 14.6. The minimum Gasteiger partial charge on any atom is -0.491 e. The summed E-state index contributed by atoms with van der Waals surface area (Å²) in [6.07, 6.45) is 3.04. The van der Waals surface area contributed by atoms with Crippen LogP contribution in [-0.4, -0.2) is 24.6 Å². The van der Waals surface area contributed by atoms with E-state index in [0.717, 1.165) is 25.0 Å². The summed E-state index contributed by atoms with van der Waals surface area (Å²) in [5.74, 6) is 0.788. The maximum Gasteiger partial charge on any atom is 0.241 e. The zero-order valence-electron chi connectivity index (χ0n) is 12.3. The van der Waals surface area contributed by atoms with E-state index in [0.29, 0.717) is 19.1 Å². The molecule has 110 valence electrons. The average molecular weight is 276 g/mol. The zero-order valence-corrected chi connectivity index (χ0v) is 12.3. The highest BCUT2D eigenvalue weighted by atomic mass is 16.5. The third-order valence-corrected chi connectivity index (χ3v) is 3.98. The monoisotopic (exact) mass is 276 g/mol. The van der Waals surface area contributed by atoms with Crippen molar-refractivity contribution in [3.05, 3.63) is 29.8 Å². The van der Waals surface area contributed by atoms with E-state index in [1.54, 1.807) is 0 Å². The van der Waals surface area contributed by atoms with Gasteiger partial charge in [0.25, 0.3) is 0 Å². The van der Waals surface area contributed by atoms with Gasteiger partial charge >= 0.3 is 0 Å². The molecule has 1 unspecified atom stereocenters. The lowest BCUT2D eigenvalue weighted by molar-refractivity contribution is -0.126. The summed E-state index contributed by atoms with van der Waals surface area (Å²) in [6, 6.07) is 7.98. The highest BCUT2D eigenvalue weighted by molar-refractivity contribution is 5.85. The number of nitrogens with two attached hydrogens (primary N) is 1. The number of ether oxygens (including phenoxy) is 1. The van der Waals surface area contributed by atoms with E-state index in [2.05, 4.69) is 18.3 Å². The van der Waals surface area contributed by atoms with E-state index in [1.807, 2.05) is 25.1 Å². The SMILES string of the molecule is CCNC(COc1cccc(CC)c1)(C(N)=O)C1CC1. The van der Waals surface area contributed by atoms with Crippen LogP contribution in [0.1, 0.15) is 32.3 Å². The summed E-state index contributed by atoms with van der Waals surface area (Å²) in [7, 11) is 0. The summed E-state index contributed by atoms with van der Waals surface area (Å²) in [5, 5.41) is 3.26. The van der Waals surface area contributed by atoms with Gasteiger partial charge in [-0.2, -0.15) is 0 Å². The van der Waals surface area contributed by atoms with Crippen LogP contribution in [0.5, 0.6) is 5.75 Å². The van der Waals surface area contributed by atoms with Crippen molar-refractivity contribution in [2.75, 3.05) is 13.2 Å². The van der Waals surface area contributed by atoms with E-state index in [-0.39, 0.29) is 5.91 Å². The van der Waals surface area contributed by atoms with Gasteiger partial charge in [-0.1, -0.05) is 26.0 Å². The molecule has 0 aromatic heterocycles. The Hall–Kier alpha value is -1.55. The lowest BCUT2D eigenvalue weighted by atomic mass is 9.93. The Balaban J connectivity index is 2.09. The Kier molecular flexibility index (Phi) is 4.65. The lowest BCUT2D eigenvalue weighted by Gasteiger charge is -2.31. The topological polar surface area (TPSA) is 64.3 Å². The predicted molar refractivity (Wildman–Crippen MR) is 79.6 cm³/mol. The fraction of sp³-hybridized carbons (Fsp3) is 0.562. The molecule has 1 atom stereocenters. The fourth-order valence-corrected chi connectivity index (χ4v) is 2.62. The first kappa shape index (κ1) is 14.9. The lowest BCUT2D eigenvalue weighted by Crippen LogP contribution is -2.61. The van der Waals surface area contributed by atoms with Crippen molar-refractivity contribution in [2.24, 2.45) is 11.7 Å². The maximum absolute atomic E-state index is 11.9. The normalized spacial score (nSPS) is 17.5. The quantitative estimate of drug-likeness (QED) is 0.762. The second-order valence-electron chi connectivity index (χ2n) is 5.43. The van der Waals surface area contributed by atoms with Crippen molar-refractivity contribution >= 4 is 5.91 Å². The molecule has 0 aliphatic heterocycles.